The van der Waals surface area contributed by atoms with Crippen LogP contribution in [-0.4, -0.2) is 50.6 Å². The first kappa shape index (κ1) is 26.4. The molecular formula is C27H29F2N3O5. The molecule has 1 aliphatic rings. The molecule has 2 aromatic carbocycles. The third-order valence-corrected chi connectivity index (χ3v) is 6.09. The van der Waals surface area contributed by atoms with Crippen LogP contribution in [0.3, 0.4) is 0 Å². The third kappa shape index (κ3) is 6.19. The minimum Gasteiger partial charge on any atom is -0.444 e. The van der Waals surface area contributed by atoms with Crippen LogP contribution in [0.15, 0.2) is 53.6 Å². The van der Waals surface area contributed by atoms with Gasteiger partial charge in [-0.3, -0.25) is 14.2 Å². The van der Waals surface area contributed by atoms with E-state index in [1.165, 1.54) is 11.0 Å². The lowest BCUT2D eigenvalue weighted by atomic mass is 10.0. The van der Waals surface area contributed by atoms with Crippen LogP contribution in [0.5, 0.6) is 0 Å². The van der Waals surface area contributed by atoms with Gasteiger partial charge in [0.15, 0.2) is 17.4 Å². The van der Waals surface area contributed by atoms with Crippen LogP contribution >= 0.6 is 0 Å². The van der Waals surface area contributed by atoms with Crippen molar-refractivity contribution in [3.05, 3.63) is 76.3 Å². The number of benzene rings is 2. The van der Waals surface area contributed by atoms with E-state index >= 15 is 0 Å². The standard InChI is InChI=1S/C27H29F2N3O5/c1-27(2,3)37-26(35)32-12-11-22(36-15-17-7-5-4-6-8-17)21(32)13-18(33)14-31-16-30-20-10-9-19(28)24(29)23(20)25(31)34/h4-10,16,21-22H,11-15H2,1-3H3. The molecule has 196 valence electrons. The molecule has 0 radical (unpaired) electrons. The summed E-state index contributed by atoms with van der Waals surface area (Å²) in [7, 11) is 0. The highest BCUT2D eigenvalue weighted by atomic mass is 19.2. The van der Waals surface area contributed by atoms with Gasteiger partial charge in [-0.2, -0.15) is 0 Å². The Hall–Kier alpha value is -3.66. The zero-order valence-electron chi connectivity index (χ0n) is 20.9. The fourth-order valence-corrected chi connectivity index (χ4v) is 4.37. The number of Topliss-reactive ketones (excluding diaryl/α,β-unsaturated/α-hetero) is 1. The second kappa shape index (κ2) is 10.8. The van der Waals surface area contributed by atoms with E-state index in [4.69, 9.17) is 9.47 Å². The molecule has 2 unspecified atom stereocenters. The summed E-state index contributed by atoms with van der Waals surface area (Å²) in [6.45, 7) is 5.50. The quantitative estimate of drug-likeness (QED) is 0.470. The molecule has 1 amide bonds. The van der Waals surface area contributed by atoms with Crippen molar-refractivity contribution in [2.24, 2.45) is 0 Å². The summed E-state index contributed by atoms with van der Waals surface area (Å²) in [5, 5.41) is -0.518. The first-order chi connectivity index (χ1) is 17.5. The SMILES string of the molecule is CC(C)(C)OC(=O)N1CCC(OCc2ccccc2)C1CC(=O)Cn1cnc2ccc(F)c(F)c2c1=O. The lowest BCUT2D eigenvalue weighted by molar-refractivity contribution is -0.121. The van der Waals surface area contributed by atoms with Crippen molar-refractivity contribution in [1.29, 1.82) is 0 Å². The lowest BCUT2D eigenvalue weighted by Crippen LogP contribution is -2.44. The van der Waals surface area contributed by atoms with Gasteiger partial charge in [0.1, 0.15) is 11.0 Å². The number of hydrogen-bond acceptors (Lipinski definition) is 6. The number of ether oxygens (including phenoxy) is 2. The molecule has 8 nitrogen and oxygen atoms in total. The number of ketones is 1. The Kier molecular flexibility index (Phi) is 7.68. The fraction of sp³-hybridized carbons (Fsp3) is 0.407. The molecule has 1 saturated heterocycles. The number of fused-ring (bicyclic) bond motifs is 1. The predicted octanol–water partition coefficient (Wildman–Crippen LogP) is 4.23. The Morgan fingerprint density at radius 2 is 1.84 bits per heavy atom. The number of carbonyl (C=O) groups is 2. The summed E-state index contributed by atoms with van der Waals surface area (Å²) in [4.78, 5) is 44.2. The summed E-state index contributed by atoms with van der Waals surface area (Å²) < 4.78 is 40.5. The van der Waals surface area contributed by atoms with Crippen molar-refractivity contribution in [3.63, 3.8) is 0 Å². The predicted molar refractivity (Wildman–Crippen MR) is 132 cm³/mol. The zero-order chi connectivity index (χ0) is 26.7. The first-order valence-electron chi connectivity index (χ1n) is 12.0. The zero-order valence-corrected chi connectivity index (χ0v) is 20.9. The number of carbonyl (C=O) groups excluding carboxylic acids is 2. The van der Waals surface area contributed by atoms with E-state index in [2.05, 4.69) is 4.98 Å². The average Bonchev–Trinajstić information content (AvgIpc) is 3.23. The highest BCUT2D eigenvalue weighted by molar-refractivity contribution is 5.81. The maximum Gasteiger partial charge on any atom is 0.410 e. The van der Waals surface area contributed by atoms with Crippen LogP contribution in [0.4, 0.5) is 13.6 Å². The number of halogens is 2. The molecular weight excluding hydrogens is 484 g/mol. The second-order valence-corrected chi connectivity index (χ2v) is 10.0. The van der Waals surface area contributed by atoms with E-state index in [1.807, 2.05) is 30.3 Å². The van der Waals surface area contributed by atoms with Gasteiger partial charge in [-0.15, -0.1) is 0 Å². The van der Waals surface area contributed by atoms with Gasteiger partial charge >= 0.3 is 6.09 Å². The summed E-state index contributed by atoms with van der Waals surface area (Å²) in [6.07, 6.45) is 0.526. The van der Waals surface area contributed by atoms with Crippen LogP contribution < -0.4 is 5.56 Å². The van der Waals surface area contributed by atoms with Gasteiger partial charge < -0.3 is 14.4 Å². The van der Waals surface area contributed by atoms with Crippen molar-refractivity contribution >= 4 is 22.8 Å². The third-order valence-electron chi connectivity index (χ3n) is 6.09. The molecule has 37 heavy (non-hydrogen) atoms. The van der Waals surface area contributed by atoms with E-state index < -0.39 is 58.7 Å². The van der Waals surface area contributed by atoms with Gasteiger partial charge in [0.25, 0.3) is 5.56 Å². The molecule has 10 heteroatoms. The van der Waals surface area contributed by atoms with Crippen molar-refractivity contribution in [1.82, 2.24) is 14.5 Å². The molecule has 2 heterocycles. The van der Waals surface area contributed by atoms with Gasteiger partial charge in [0.05, 0.1) is 37.1 Å². The van der Waals surface area contributed by atoms with Crippen LogP contribution in [0.25, 0.3) is 10.9 Å². The maximum atomic E-state index is 14.3. The van der Waals surface area contributed by atoms with Crippen LogP contribution in [0.2, 0.25) is 0 Å². The minimum absolute atomic E-state index is 0.00568. The highest BCUT2D eigenvalue weighted by Crippen LogP contribution is 2.27. The molecule has 0 saturated carbocycles. The molecule has 1 aliphatic heterocycles. The molecule has 0 aliphatic carbocycles. The maximum absolute atomic E-state index is 14.3. The van der Waals surface area contributed by atoms with Crippen LogP contribution in [0.1, 0.15) is 39.2 Å². The first-order valence-corrected chi connectivity index (χ1v) is 12.0. The van der Waals surface area contributed by atoms with Gasteiger partial charge in [-0.1, -0.05) is 30.3 Å². The number of amides is 1. The van der Waals surface area contributed by atoms with E-state index in [-0.39, 0.29) is 11.9 Å². The van der Waals surface area contributed by atoms with Crippen molar-refractivity contribution in [2.75, 3.05) is 6.54 Å². The van der Waals surface area contributed by atoms with Crippen LogP contribution in [-0.2, 0) is 27.4 Å². The molecule has 4 rings (SSSR count). The monoisotopic (exact) mass is 513 g/mol. The summed E-state index contributed by atoms with van der Waals surface area (Å²) >= 11 is 0. The summed E-state index contributed by atoms with van der Waals surface area (Å²) in [6, 6.07) is 11.0. The number of likely N-dealkylation sites (tertiary alicyclic amines) is 1. The number of aromatic nitrogens is 2. The van der Waals surface area contributed by atoms with E-state index in [9.17, 15) is 23.2 Å². The van der Waals surface area contributed by atoms with Crippen molar-refractivity contribution in [2.45, 2.75) is 64.5 Å². The van der Waals surface area contributed by atoms with Gasteiger partial charge in [-0.05, 0) is 44.9 Å². The Morgan fingerprint density at radius 1 is 1.11 bits per heavy atom. The normalized spacial score (nSPS) is 17.8. The Labute approximate surface area is 212 Å². The van der Waals surface area contributed by atoms with E-state index in [0.29, 0.717) is 19.6 Å². The second-order valence-electron chi connectivity index (χ2n) is 10.0. The topological polar surface area (TPSA) is 90.7 Å². The Bertz CT molecular complexity index is 1350. The van der Waals surface area contributed by atoms with E-state index in [0.717, 1.165) is 22.5 Å². The minimum atomic E-state index is -1.31. The smallest absolute Gasteiger partial charge is 0.410 e. The molecule has 1 fully saturated rings. The van der Waals surface area contributed by atoms with Gasteiger partial charge in [0.2, 0.25) is 0 Å². The number of nitrogens with zero attached hydrogens (tertiary/aromatic N) is 3. The molecule has 0 bridgehead atoms. The molecule has 3 aromatic rings. The van der Waals surface area contributed by atoms with Crippen LogP contribution in [0, 0.1) is 11.6 Å². The summed E-state index contributed by atoms with van der Waals surface area (Å²) in [5.74, 6) is -2.88. The molecule has 2 atom stereocenters. The molecule has 0 N–H and O–H groups in total. The Balaban J connectivity index is 1.53. The van der Waals surface area contributed by atoms with Gasteiger partial charge in [0, 0.05) is 13.0 Å². The molecule has 0 spiro atoms. The lowest BCUT2D eigenvalue weighted by Gasteiger charge is -2.30. The van der Waals surface area contributed by atoms with Crippen molar-refractivity contribution < 1.29 is 27.8 Å². The average molecular weight is 514 g/mol. The Morgan fingerprint density at radius 3 is 2.54 bits per heavy atom. The van der Waals surface area contributed by atoms with Gasteiger partial charge in [-0.25, -0.2) is 18.6 Å². The number of rotatable bonds is 7. The van der Waals surface area contributed by atoms with E-state index in [1.54, 1.807) is 20.8 Å². The largest absolute Gasteiger partial charge is 0.444 e. The highest BCUT2D eigenvalue weighted by Gasteiger charge is 2.41. The van der Waals surface area contributed by atoms with Crippen molar-refractivity contribution in [3.8, 4) is 0 Å². The molecule has 1 aromatic heterocycles. The summed E-state index contributed by atoms with van der Waals surface area (Å²) in [5.41, 5.74) is -0.638. The number of hydrogen-bond donors (Lipinski definition) is 0. The fourth-order valence-electron chi connectivity index (χ4n) is 4.37.